The van der Waals surface area contributed by atoms with E-state index in [2.05, 4.69) is 66.0 Å². The van der Waals surface area contributed by atoms with Crippen molar-refractivity contribution in [1.82, 2.24) is 14.9 Å². The number of nitrogens with zero attached hydrogens (tertiary/aromatic N) is 2. The molecule has 1 N–H and O–H groups in total. The number of rotatable bonds is 7. The molecule has 0 aliphatic rings. The molecule has 1 aromatic heterocycles. The van der Waals surface area contributed by atoms with Crippen LogP contribution in [0.5, 0.6) is 0 Å². The third-order valence-electron chi connectivity index (χ3n) is 3.28. The topological polar surface area (TPSA) is 29.9 Å². The van der Waals surface area contributed by atoms with E-state index in [4.69, 9.17) is 0 Å². The minimum absolute atomic E-state index is 0.637. The van der Waals surface area contributed by atoms with E-state index in [9.17, 15) is 0 Å². The van der Waals surface area contributed by atoms with Gasteiger partial charge in [0.25, 0.3) is 0 Å². The van der Waals surface area contributed by atoms with Gasteiger partial charge in [-0.2, -0.15) is 0 Å². The van der Waals surface area contributed by atoms with Gasteiger partial charge in [0.05, 0.1) is 12.0 Å². The zero-order valence-electron chi connectivity index (χ0n) is 13.2. The fraction of sp³-hybridized carbons (Fsp3) is 0.389. The van der Waals surface area contributed by atoms with Crippen LogP contribution < -0.4 is 5.32 Å². The molecule has 2 aromatic rings. The molecule has 112 valence electrons. The normalized spacial score (nSPS) is 12.1. The van der Waals surface area contributed by atoms with Gasteiger partial charge in [0.1, 0.15) is 0 Å². The van der Waals surface area contributed by atoms with Crippen molar-refractivity contribution >= 4 is 6.08 Å². The van der Waals surface area contributed by atoms with Crippen LogP contribution in [0.15, 0.2) is 48.4 Å². The van der Waals surface area contributed by atoms with E-state index in [1.165, 1.54) is 16.8 Å². The molecule has 0 spiro atoms. The van der Waals surface area contributed by atoms with E-state index in [1.807, 2.05) is 18.6 Å². The highest BCUT2D eigenvalue weighted by atomic mass is 15.1. The number of hydrogen-bond acceptors (Lipinski definition) is 2. The van der Waals surface area contributed by atoms with Crippen molar-refractivity contribution in [3.63, 3.8) is 0 Å². The van der Waals surface area contributed by atoms with Gasteiger partial charge < -0.3 is 9.88 Å². The molecule has 0 aliphatic heterocycles. The molecule has 3 nitrogen and oxygen atoms in total. The van der Waals surface area contributed by atoms with Crippen molar-refractivity contribution < 1.29 is 0 Å². The maximum atomic E-state index is 4.25. The van der Waals surface area contributed by atoms with E-state index in [0.29, 0.717) is 5.92 Å². The van der Waals surface area contributed by atoms with Crippen LogP contribution in [-0.2, 0) is 13.1 Å². The summed E-state index contributed by atoms with van der Waals surface area (Å²) in [7, 11) is 0. The van der Waals surface area contributed by atoms with E-state index < -0.39 is 0 Å². The Labute approximate surface area is 127 Å². The Morgan fingerprint density at radius 1 is 1.29 bits per heavy atom. The van der Waals surface area contributed by atoms with Crippen LogP contribution in [0.25, 0.3) is 6.08 Å². The van der Waals surface area contributed by atoms with Crippen molar-refractivity contribution in [1.29, 1.82) is 0 Å². The lowest BCUT2D eigenvalue weighted by molar-refractivity contribution is 0.503. The Kier molecular flexibility index (Phi) is 5.76. The highest BCUT2D eigenvalue weighted by Crippen LogP contribution is 2.07. The van der Waals surface area contributed by atoms with Crippen LogP contribution in [0, 0.1) is 5.92 Å². The minimum Gasteiger partial charge on any atom is -0.333 e. The van der Waals surface area contributed by atoms with Crippen LogP contribution in [0.1, 0.15) is 32.0 Å². The Balaban J connectivity index is 1.84. The lowest BCUT2D eigenvalue weighted by atomic mass is 10.1. The Morgan fingerprint density at radius 2 is 2.05 bits per heavy atom. The smallest absolute Gasteiger partial charge is 0.0948 e. The molecule has 0 bridgehead atoms. The first-order valence-electron chi connectivity index (χ1n) is 7.57. The second-order valence-corrected chi connectivity index (χ2v) is 5.94. The monoisotopic (exact) mass is 283 g/mol. The van der Waals surface area contributed by atoms with Crippen LogP contribution in [0.4, 0.5) is 0 Å². The van der Waals surface area contributed by atoms with Gasteiger partial charge in [0, 0.05) is 25.8 Å². The molecule has 0 amide bonds. The summed E-state index contributed by atoms with van der Waals surface area (Å²) in [6.07, 6.45) is 6.09. The van der Waals surface area contributed by atoms with E-state index in [-0.39, 0.29) is 0 Å². The molecule has 21 heavy (non-hydrogen) atoms. The average molecular weight is 283 g/mol. The maximum absolute atomic E-state index is 4.25. The fourth-order valence-corrected chi connectivity index (χ4v) is 2.33. The van der Waals surface area contributed by atoms with E-state index >= 15 is 0 Å². The van der Waals surface area contributed by atoms with Crippen molar-refractivity contribution in [2.24, 2.45) is 5.92 Å². The molecule has 0 fully saturated rings. The van der Waals surface area contributed by atoms with Crippen molar-refractivity contribution in [3.05, 3.63) is 59.7 Å². The predicted molar refractivity (Wildman–Crippen MR) is 88.9 cm³/mol. The summed E-state index contributed by atoms with van der Waals surface area (Å²) in [6, 6.07) is 10.4. The molecule has 0 atom stereocenters. The second-order valence-electron chi connectivity index (χ2n) is 5.94. The van der Waals surface area contributed by atoms with Crippen LogP contribution in [0.2, 0.25) is 0 Å². The third-order valence-corrected chi connectivity index (χ3v) is 3.28. The predicted octanol–water partition coefficient (Wildman–Crippen LogP) is 3.73. The van der Waals surface area contributed by atoms with Crippen molar-refractivity contribution in [2.75, 3.05) is 6.54 Å². The summed E-state index contributed by atoms with van der Waals surface area (Å²) in [6.45, 7) is 9.38. The second kappa shape index (κ2) is 7.79. The Morgan fingerprint density at radius 3 is 2.76 bits per heavy atom. The molecule has 2 rings (SSSR count). The molecular weight excluding hydrogens is 258 g/mol. The third kappa shape index (κ3) is 5.20. The summed E-state index contributed by atoms with van der Waals surface area (Å²) in [5.41, 5.74) is 3.83. The van der Waals surface area contributed by atoms with Gasteiger partial charge in [-0.05, 0) is 18.4 Å². The Hall–Kier alpha value is -1.87. The summed E-state index contributed by atoms with van der Waals surface area (Å²) in [5, 5.41) is 3.49. The summed E-state index contributed by atoms with van der Waals surface area (Å²) in [5.74, 6) is 0.637. The van der Waals surface area contributed by atoms with Gasteiger partial charge in [-0.25, -0.2) is 4.98 Å². The zero-order valence-corrected chi connectivity index (χ0v) is 13.2. The SMILES string of the molecule is C/C(=C\c1ccccc1)CNCc1cncn1CC(C)C. The standard InChI is InChI=1S/C18H25N3/c1-15(2)13-21-14-20-12-18(21)11-19-10-16(3)9-17-7-5-4-6-8-17/h4-9,12,14-15,19H,10-11,13H2,1-3H3/b16-9+. The zero-order chi connectivity index (χ0) is 15.1. The average Bonchev–Trinajstić information content (AvgIpc) is 2.86. The number of hydrogen-bond donors (Lipinski definition) is 1. The van der Waals surface area contributed by atoms with Gasteiger partial charge in [-0.1, -0.05) is 55.8 Å². The molecule has 0 saturated heterocycles. The van der Waals surface area contributed by atoms with Crippen molar-refractivity contribution in [3.8, 4) is 0 Å². The summed E-state index contributed by atoms with van der Waals surface area (Å²) >= 11 is 0. The van der Waals surface area contributed by atoms with Gasteiger partial charge in [-0.3, -0.25) is 0 Å². The first-order valence-corrected chi connectivity index (χ1v) is 7.57. The van der Waals surface area contributed by atoms with Gasteiger partial charge in [0.2, 0.25) is 0 Å². The van der Waals surface area contributed by atoms with Gasteiger partial charge in [0.15, 0.2) is 0 Å². The Bertz CT molecular complexity index is 567. The minimum atomic E-state index is 0.637. The molecule has 0 radical (unpaired) electrons. The molecular formula is C18H25N3. The van der Waals surface area contributed by atoms with Crippen molar-refractivity contribution in [2.45, 2.75) is 33.9 Å². The quantitative estimate of drug-likeness (QED) is 0.839. The number of nitrogens with one attached hydrogen (secondary N) is 1. The molecule has 0 saturated carbocycles. The number of benzene rings is 1. The van der Waals surface area contributed by atoms with E-state index in [0.717, 1.165) is 19.6 Å². The molecule has 1 heterocycles. The highest BCUT2D eigenvalue weighted by molar-refractivity contribution is 5.52. The molecule has 3 heteroatoms. The first kappa shape index (κ1) is 15.5. The van der Waals surface area contributed by atoms with Crippen LogP contribution >= 0.6 is 0 Å². The fourth-order valence-electron chi connectivity index (χ4n) is 2.33. The lowest BCUT2D eigenvalue weighted by Crippen LogP contribution is -2.18. The van der Waals surface area contributed by atoms with Crippen LogP contribution in [0.3, 0.4) is 0 Å². The molecule has 1 aromatic carbocycles. The largest absolute Gasteiger partial charge is 0.333 e. The maximum Gasteiger partial charge on any atom is 0.0948 e. The molecule has 0 unspecified atom stereocenters. The molecule has 0 aliphatic carbocycles. The van der Waals surface area contributed by atoms with Gasteiger partial charge in [-0.15, -0.1) is 0 Å². The highest BCUT2D eigenvalue weighted by Gasteiger charge is 2.03. The van der Waals surface area contributed by atoms with Gasteiger partial charge >= 0.3 is 0 Å². The summed E-state index contributed by atoms with van der Waals surface area (Å²) < 4.78 is 2.23. The summed E-state index contributed by atoms with van der Waals surface area (Å²) in [4.78, 5) is 4.25. The number of aromatic nitrogens is 2. The lowest BCUT2D eigenvalue weighted by Gasteiger charge is -2.11. The number of imidazole rings is 1. The first-order chi connectivity index (χ1) is 10.1. The van der Waals surface area contributed by atoms with Crippen LogP contribution in [-0.4, -0.2) is 16.1 Å². The van der Waals surface area contributed by atoms with E-state index in [1.54, 1.807) is 0 Å².